The molecule has 0 radical (unpaired) electrons. The van der Waals surface area contributed by atoms with Crippen LogP contribution >= 0.6 is 15.9 Å². The number of nitrogens with one attached hydrogen (secondary N) is 1. The molecule has 0 heterocycles. The largest absolute Gasteiger partial charge is 0.352 e. The zero-order chi connectivity index (χ0) is 29.1. The fourth-order valence-corrected chi connectivity index (χ4v) is 6.24. The Hall–Kier alpha value is -3.70. The van der Waals surface area contributed by atoms with E-state index in [0.717, 1.165) is 52.4 Å². The first kappa shape index (κ1) is 29.8. The molecule has 1 aliphatic carbocycles. The third kappa shape index (κ3) is 8.19. The molecule has 0 aromatic heterocycles. The highest BCUT2D eigenvalue weighted by Crippen LogP contribution is 2.30. The molecule has 5 heteroatoms. The van der Waals surface area contributed by atoms with Crippen molar-refractivity contribution in [3.8, 4) is 0 Å². The first-order valence-electron chi connectivity index (χ1n) is 15.0. The van der Waals surface area contributed by atoms with Gasteiger partial charge in [-0.05, 0) is 47.2 Å². The summed E-state index contributed by atoms with van der Waals surface area (Å²) in [5, 5.41) is 3.35. The highest BCUT2D eigenvalue weighted by molar-refractivity contribution is 9.10. The molecule has 0 unspecified atom stereocenters. The maximum atomic E-state index is 14.5. The van der Waals surface area contributed by atoms with Gasteiger partial charge >= 0.3 is 0 Å². The summed E-state index contributed by atoms with van der Waals surface area (Å²) >= 11 is 3.53. The second kappa shape index (κ2) is 15.0. The molecule has 0 saturated heterocycles. The Labute approximate surface area is 258 Å². The lowest BCUT2D eigenvalue weighted by atomic mass is 9.87. The summed E-state index contributed by atoms with van der Waals surface area (Å²) in [5.74, 6) is -0.214. The van der Waals surface area contributed by atoms with Gasteiger partial charge in [0.25, 0.3) is 0 Å². The third-order valence-corrected chi connectivity index (χ3v) is 8.80. The molecule has 0 bridgehead atoms. The first-order valence-corrected chi connectivity index (χ1v) is 15.8. The third-order valence-electron chi connectivity index (χ3n) is 8.27. The Bertz CT molecular complexity index is 1370. The van der Waals surface area contributed by atoms with Gasteiger partial charge in [-0.2, -0.15) is 0 Å². The van der Waals surface area contributed by atoms with Crippen molar-refractivity contribution >= 4 is 27.7 Å². The summed E-state index contributed by atoms with van der Waals surface area (Å²) < 4.78 is 0.980. The summed E-state index contributed by atoms with van der Waals surface area (Å²) in [7, 11) is 0. The molecule has 4 aromatic carbocycles. The lowest BCUT2D eigenvalue weighted by Crippen LogP contribution is -2.53. The Kier molecular flexibility index (Phi) is 10.6. The van der Waals surface area contributed by atoms with E-state index >= 15 is 0 Å². The minimum Gasteiger partial charge on any atom is -0.352 e. The maximum Gasteiger partial charge on any atom is 0.243 e. The second-order valence-electron chi connectivity index (χ2n) is 11.3. The fraction of sp³-hybridized carbons (Fsp3) is 0.297. The topological polar surface area (TPSA) is 49.4 Å². The minimum absolute atomic E-state index is 0.0321. The van der Waals surface area contributed by atoms with E-state index in [-0.39, 0.29) is 30.2 Å². The fourth-order valence-electron chi connectivity index (χ4n) is 5.98. The van der Waals surface area contributed by atoms with E-state index in [0.29, 0.717) is 13.0 Å². The predicted molar refractivity (Wildman–Crippen MR) is 173 cm³/mol. The van der Waals surface area contributed by atoms with Crippen molar-refractivity contribution in [3.63, 3.8) is 0 Å². The number of halogens is 1. The van der Waals surface area contributed by atoms with Gasteiger partial charge in [0, 0.05) is 35.8 Å². The van der Waals surface area contributed by atoms with Crippen LogP contribution in [0.1, 0.15) is 66.7 Å². The van der Waals surface area contributed by atoms with Gasteiger partial charge in [-0.25, -0.2) is 0 Å². The van der Waals surface area contributed by atoms with Crippen LogP contribution in [-0.4, -0.2) is 28.8 Å². The van der Waals surface area contributed by atoms with Gasteiger partial charge < -0.3 is 10.2 Å². The van der Waals surface area contributed by atoms with Crippen molar-refractivity contribution in [2.75, 3.05) is 0 Å². The molecule has 2 amide bonds. The Morgan fingerprint density at radius 3 is 1.83 bits per heavy atom. The quantitative estimate of drug-likeness (QED) is 0.184. The molecular formula is C37H39BrN2O2. The lowest BCUT2D eigenvalue weighted by molar-refractivity contribution is -0.141. The molecule has 0 spiro atoms. The number of carbonyl (C=O) groups is 2. The van der Waals surface area contributed by atoms with Gasteiger partial charge in [0.15, 0.2) is 0 Å². The molecule has 1 saturated carbocycles. The van der Waals surface area contributed by atoms with Crippen LogP contribution in [-0.2, 0) is 22.6 Å². The number of rotatable bonds is 11. The number of hydrogen-bond acceptors (Lipinski definition) is 2. The van der Waals surface area contributed by atoms with Gasteiger partial charge in [0.2, 0.25) is 11.8 Å². The first-order chi connectivity index (χ1) is 20.6. The highest BCUT2D eigenvalue weighted by Gasteiger charge is 2.33. The van der Waals surface area contributed by atoms with E-state index in [2.05, 4.69) is 45.5 Å². The Balaban J connectivity index is 1.50. The van der Waals surface area contributed by atoms with Gasteiger partial charge in [-0.3, -0.25) is 9.59 Å². The van der Waals surface area contributed by atoms with E-state index in [4.69, 9.17) is 0 Å². The van der Waals surface area contributed by atoms with E-state index in [1.807, 2.05) is 95.9 Å². The lowest BCUT2D eigenvalue weighted by Gasteiger charge is -2.34. The van der Waals surface area contributed by atoms with Crippen LogP contribution in [0.5, 0.6) is 0 Å². The summed E-state index contributed by atoms with van der Waals surface area (Å²) in [6.45, 7) is 0.359. The molecule has 42 heavy (non-hydrogen) atoms. The number of hydrogen-bond donors (Lipinski definition) is 1. The monoisotopic (exact) mass is 622 g/mol. The summed E-state index contributed by atoms with van der Waals surface area (Å²) in [5.41, 5.74) is 4.21. The molecule has 4 nitrogen and oxygen atoms in total. The van der Waals surface area contributed by atoms with Crippen molar-refractivity contribution < 1.29 is 9.59 Å². The van der Waals surface area contributed by atoms with Crippen LogP contribution in [0.2, 0.25) is 0 Å². The SMILES string of the molecule is O=C(NC1CCCCC1)[C@H](Cc1ccccc1)N(Cc1ccc(Br)cc1)C(=O)CC(c1ccccc1)c1ccccc1. The Morgan fingerprint density at radius 1 is 0.714 bits per heavy atom. The van der Waals surface area contributed by atoms with Crippen molar-refractivity contribution in [3.05, 3.63) is 142 Å². The van der Waals surface area contributed by atoms with Crippen LogP contribution < -0.4 is 5.32 Å². The molecule has 4 aromatic rings. The number of nitrogens with zero attached hydrogens (tertiary/aromatic N) is 1. The van der Waals surface area contributed by atoms with Crippen LogP contribution in [0, 0.1) is 0 Å². The van der Waals surface area contributed by atoms with Crippen molar-refractivity contribution in [2.45, 2.75) is 69.5 Å². The van der Waals surface area contributed by atoms with Crippen LogP contribution in [0.15, 0.2) is 120 Å². The summed E-state index contributed by atoms with van der Waals surface area (Å²) in [6, 6.07) is 38.0. The van der Waals surface area contributed by atoms with Crippen LogP contribution in [0.25, 0.3) is 0 Å². The van der Waals surface area contributed by atoms with E-state index in [1.54, 1.807) is 0 Å². The minimum atomic E-state index is -0.627. The molecular weight excluding hydrogens is 584 g/mol. The van der Waals surface area contributed by atoms with Crippen LogP contribution in [0.3, 0.4) is 0 Å². The normalized spacial score (nSPS) is 14.3. The Morgan fingerprint density at radius 2 is 1.26 bits per heavy atom. The second-order valence-corrected chi connectivity index (χ2v) is 12.2. The number of amides is 2. The average molecular weight is 624 g/mol. The molecule has 1 aliphatic rings. The molecule has 1 N–H and O–H groups in total. The zero-order valence-corrected chi connectivity index (χ0v) is 25.6. The van der Waals surface area contributed by atoms with E-state index < -0.39 is 6.04 Å². The number of benzene rings is 4. The zero-order valence-electron chi connectivity index (χ0n) is 24.0. The van der Waals surface area contributed by atoms with Gasteiger partial charge in [0.05, 0.1) is 0 Å². The van der Waals surface area contributed by atoms with Gasteiger partial charge in [-0.15, -0.1) is 0 Å². The van der Waals surface area contributed by atoms with E-state index in [9.17, 15) is 9.59 Å². The van der Waals surface area contributed by atoms with Gasteiger partial charge in [-0.1, -0.05) is 138 Å². The van der Waals surface area contributed by atoms with Crippen molar-refractivity contribution in [2.24, 2.45) is 0 Å². The van der Waals surface area contributed by atoms with Crippen molar-refractivity contribution in [1.29, 1.82) is 0 Å². The molecule has 216 valence electrons. The number of carbonyl (C=O) groups excluding carboxylic acids is 2. The molecule has 5 rings (SSSR count). The van der Waals surface area contributed by atoms with Crippen LogP contribution in [0.4, 0.5) is 0 Å². The summed E-state index contributed by atoms with van der Waals surface area (Å²) in [6.07, 6.45) is 6.20. The highest BCUT2D eigenvalue weighted by atomic mass is 79.9. The van der Waals surface area contributed by atoms with Crippen molar-refractivity contribution in [1.82, 2.24) is 10.2 Å². The molecule has 1 atom stereocenters. The average Bonchev–Trinajstić information content (AvgIpc) is 3.04. The predicted octanol–water partition coefficient (Wildman–Crippen LogP) is 8.06. The van der Waals surface area contributed by atoms with E-state index in [1.165, 1.54) is 6.42 Å². The van der Waals surface area contributed by atoms with Gasteiger partial charge in [0.1, 0.15) is 6.04 Å². The maximum absolute atomic E-state index is 14.5. The molecule has 1 fully saturated rings. The molecule has 0 aliphatic heterocycles. The summed E-state index contributed by atoms with van der Waals surface area (Å²) in [4.78, 5) is 30.5. The standard InChI is InChI=1S/C37H39BrN2O2/c38-32-23-21-29(22-24-32)27-40(36(41)26-34(30-15-7-2-8-16-30)31-17-9-3-10-18-31)35(25-28-13-5-1-6-14-28)37(42)39-33-19-11-4-12-20-33/h1-3,5-10,13-18,21-24,33-35H,4,11-12,19-20,25-27H2,(H,39,42)/t35-/m0/s1. The smallest absolute Gasteiger partial charge is 0.243 e.